The van der Waals surface area contributed by atoms with E-state index in [1.807, 2.05) is 6.08 Å². The first-order valence-electron chi connectivity index (χ1n) is 5.80. The van der Waals surface area contributed by atoms with Crippen molar-refractivity contribution in [2.24, 2.45) is 0 Å². The molecule has 0 aromatic heterocycles. The maximum absolute atomic E-state index is 11.7. The first-order chi connectivity index (χ1) is 8.13. The molecule has 0 aromatic rings. The molecule has 1 rings (SSSR count). The van der Waals surface area contributed by atoms with Crippen LogP contribution in [-0.4, -0.2) is 48.7 Å². The number of carbonyl (C=O) groups excluding carboxylic acids is 1. The molecule has 0 radical (unpaired) electrons. The average Bonchev–Trinajstić information content (AvgIpc) is 2.30. The highest BCUT2D eigenvalue weighted by molar-refractivity contribution is 5.77. The van der Waals surface area contributed by atoms with E-state index in [1.54, 1.807) is 12.0 Å². The number of hydrogen-bond acceptors (Lipinski definition) is 3. The molecule has 0 bridgehead atoms. The van der Waals surface area contributed by atoms with Crippen LogP contribution in [0.25, 0.3) is 0 Å². The minimum absolute atomic E-state index is 0.0407. The Morgan fingerprint density at radius 1 is 1.47 bits per heavy atom. The van der Waals surface area contributed by atoms with Gasteiger partial charge in [0.25, 0.3) is 0 Å². The van der Waals surface area contributed by atoms with Gasteiger partial charge < -0.3 is 14.7 Å². The first kappa shape index (κ1) is 13.7. The van der Waals surface area contributed by atoms with E-state index in [9.17, 15) is 9.59 Å². The van der Waals surface area contributed by atoms with E-state index in [2.05, 4.69) is 0 Å². The van der Waals surface area contributed by atoms with E-state index in [1.165, 1.54) is 5.57 Å². The van der Waals surface area contributed by atoms with E-state index in [4.69, 9.17) is 9.84 Å². The molecule has 96 valence electrons. The van der Waals surface area contributed by atoms with Crippen LogP contribution in [0.4, 0.5) is 0 Å². The third kappa shape index (κ3) is 4.99. The Hall–Kier alpha value is -1.36. The Morgan fingerprint density at radius 3 is 2.76 bits per heavy atom. The molecule has 5 heteroatoms. The Labute approximate surface area is 101 Å². The Balaban J connectivity index is 2.28. The molecule has 1 N–H and O–H groups in total. The number of carboxylic acid groups (broad SMARTS) is 1. The molecule has 1 heterocycles. The van der Waals surface area contributed by atoms with Crippen LogP contribution in [0.15, 0.2) is 11.6 Å². The minimum Gasteiger partial charge on any atom is -0.481 e. The molecule has 5 nitrogen and oxygen atoms in total. The largest absolute Gasteiger partial charge is 0.481 e. The van der Waals surface area contributed by atoms with Gasteiger partial charge in [-0.2, -0.15) is 0 Å². The highest BCUT2D eigenvalue weighted by Gasteiger charge is 2.16. The number of ether oxygens (including phenoxy) is 1. The number of rotatable bonds is 6. The summed E-state index contributed by atoms with van der Waals surface area (Å²) in [5.41, 5.74) is 1.22. The number of aliphatic carboxylic acids is 1. The van der Waals surface area contributed by atoms with Crippen molar-refractivity contribution in [2.75, 3.05) is 26.8 Å². The highest BCUT2D eigenvalue weighted by Crippen LogP contribution is 2.12. The molecule has 0 spiro atoms. The molecule has 0 aliphatic carbocycles. The SMILES string of the molecule is COCC1=CCN(C(=O)CCCC(=O)O)CC1. The van der Waals surface area contributed by atoms with Crippen molar-refractivity contribution in [3.63, 3.8) is 0 Å². The van der Waals surface area contributed by atoms with Gasteiger partial charge in [-0.25, -0.2) is 0 Å². The molecule has 1 aliphatic rings. The van der Waals surface area contributed by atoms with Gasteiger partial charge in [-0.1, -0.05) is 6.08 Å². The summed E-state index contributed by atoms with van der Waals surface area (Å²) in [6, 6.07) is 0. The van der Waals surface area contributed by atoms with Crippen molar-refractivity contribution in [1.29, 1.82) is 0 Å². The van der Waals surface area contributed by atoms with Gasteiger partial charge in [-0.15, -0.1) is 0 Å². The normalized spacial score (nSPS) is 15.6. The lowest BCUT2D eigenvalue weighted by Gasteiger charge is -2.26. The van der Waals surface area contributed by atoms with E-state index in [0.29, 0.717) is 32.5 Å². The van der Waals surface area contributed by atoms with Crippen LogP contribution in [0.2, 0.25) is 0 Å². The van der Waals surface area contributed by atoms with Crippen molar-refractivity contribution in [3.05, 3.63) is 11.6 Å². The summed E-state index contributed by atoms with van der Waals surface area (Å²) in [5, 5.41) is 8.48. The van der Waals surface area contributed by atoms with Crippen LogP contribution in [0, 0.1) is 0 Å². The Morgan fingerprint density at radius 2 is 2.24 bits per heavy atom. The fraction of sp³-hybridized carbons (Fsp3) is 0.667. The van der Waals surface area contributed by atoms with Gasteiger partial charge in [0.15, 0.2) is 0 Å². The molecular formula is C12H19NO4. The van der Waals surface area contributed by atoms with Gasteiger partial charge in [0, 0.05) is 33.0 Å². The Bertz CT molecular complexity index is 312. The van der Waals surface area contributed by atoms with Gasteiger partial charge >= 0.3 is 5.97 Å². The maximum atomic E-state index is 11.7. The van der Waals surface area contributed by atoms with Gasteiger partial charge in [0.05, 0.1) is 6.61 Å². The van der Waals surface area contributed by atoms with Crippen LogP contribution in [0.1, 0.15) is 25.7 Å². The van der Waals surface area contributed by atoms with Crippen molar-refractivity contribution in [3.8, 4) is 0 Å². The van der Waals surface area contributed by atoms with Crippen molar-refractivity contribution >= 4 is 11.9 Å². The van der Waals surface area contributed by atoms with Gasteiger partial charge in [-0.3, -0.25) is 9.59 Å². The average molecular weight is 241 g/mol. The molecule has 0 saturated heterocycles. The summed E-state index contributed by atoms with van der Waals surface area (Å²) in [7, 11) is 1.66. The van der Waals surface area contributed by atoms with Gasteiger partial charge in [-0.05, 0) is 18.4 Å². The number of nitrogens with zero attached hydrogens (tertiary/aromatic N) is 1. The molecular weight excluding hydrogens is 222 g/mol. The molecule has 0 atom stereocenters. The third-order valence-electron chi connectivity index (χ3n) is 2.77. The summed E-state index contributed by atoms with van der Waals surface area (Å²) in [6.07, 6.45) is 3.66. The summed E-state index contributed by atoms with van der Waals surface area (Å²) < 4.78 is 5.03. The van der Waals surface area contributed by atoms with E-state index in [-0.39, 0.29) is 12.3 Å². The molecule has 0 aromatic carbocycles. The van der Waals surface area contributed by atoms with Crippen LogP contribution < -0.4 is 0 Å². The molecule has 1 aliphatic heterocycles. The lowest BCUT2D eigenvalue weighted by Crippen LogP contribution is -2.35. The van der Waals surface area contributed by atoms with Crippen molar-refractivity contribution < 1.29 is 19.4 Å². The zero-order valence-corrected chi connectivity index (χ0v) is 10.1. The maximum Gasteiger partial charge on any atom is 0.303 e. The topological polar surface area (TPSA) is 66.8 Å². The molecule has 0 unspecified atom stereocenters. The van der Waals surface area contributed by atoms with Gasteiger partial charge in [0.2, 0.25) is 5.91 Å². The van der Waals surface area contributed by atoms with Crippen LogP contribution in [-0.2, 0) is 14.3 Å². The van der Waals surface area contributed by atoms with Crippen LogP contribution in [0.3, 0.4) is 0 Å². The molecule has 0 fully saturated rings. The van der Waals surface area contributed by atoms with E-state index in [0.717, 1.165) is 6.42 Å². The quantitative estimate of drug-likeness (QED) is 0.706. The predicted octanol–water partition coefficient (Wildman–Crippen LogP) is 1.05. The predicted molar refractivity (Wildman–Crippen MR) is 62.6 cm³/mol. The Kier molecular flexibility index (Phi) is 5.69. The van der Waals surface area contributed by atoms with Crippen molar-refractivity contribution in [2.45, 2.75) is 25.7 Å². The lowest BCUT2D eigenvalue weighted by atomic mass is 10.1. The smallest absolute Gasteiger partial charge is 0.303 e. The summed E-state index contributed by atoms with van der Waals surface area (Å²) in [5.74, 6) is -0.808. The summed E-state index contributed by atoms with van der Waals surface area (Å²) in [6.45, 7) is 1.95. The standard InChI is InChI=1S/C12H19NO4/c1-17-9-10-5-7-13(8-6-10)11(14)3-2-4-12(15)16/h5H,2-4,6-9H2,1H3,(H,15,16). The highest BCUT2D eigenvalue weighted by atomic mass is 16.5. The molecule has 0 saturated carbocycles. The molecule has 1 amide bonds. The van der Waals surface area contributed by atoms with Crippen LogP contribution >= 0.6 is 0 Å². The number of hydrogen-bond donors (Lipinski definition) is 1. The van der Waals surface area contributed by atoms with E-state index >= 15 is 0 Å². The number of methoxy groups -OCH3 is 1. The second-order valence-electron chi connectivity index (χ2n) is 4.13. The van der Waals surface area contributed by atoms with E-state index < -0.39 is 5.97 Å². The first-order valence-corrected chi connectivity index (χ1v) is 5.80. The number of amides is 1. The van der Waals surface area contributed by atoms with Crippen LogP contribution in [0.5, 0.6) is 0 Å². The number of carboxylic acids is 1. The lowest BCUT2D eigenvalue weighted by molar-refractivity contribution is -0.137. The molecule has 17 heavy (non-hydrogen) atoms. The fourth-order valence-electron chi connectivity index (χ4n) is 1.80. The monoisotopic (exact) mass is 241 g/mol. The second-order valence-corrected chi connectivity index (χ2v) is 4.13. The summed E-state index contributed by atoms with van der Waals surface area (Å²) >= 11 is 0. The third-order valence-corrected chi connectivity index (χ3v) is 2.77. The minimum atomic E-state index is -0.848. The van der Waals surface area contributed by atoms with Crippen molar-refractivity contribution in [1.82, 2.24) is 4.90 Å². The number of carbonyl (C=O) groups is 2. The zero-order chi connectivity index (χ0) is 12.7. The summed E-state index contributed by atoms with van der Waals surface area (Å²) in [4.78, 5) is 23.8. The van der Waals surface area contributed by atoms with Gasteiger partial charge in [0.1, 0.15) is 0 Å². The zero-order valence-electron chi connectivity index (χ0n) is 10.1. The second kappa shape index (κ2) is 7.06. The fourth-order valence-corrected chi connectivity index (χ4v) is 1.80.